The monoisotopic (exact) mass is 455 g/mol. The molecule has 1 N–H and O–H groups in total. The Bertz CT molecular complexity index is 1010. The van der Waals surface area contributed by atoms with Gasteiger partial charge < -0.3 is 24.1 Å². The number of benzene rings is 2. The van der Waals surface area contributed by atoms with E-state index in [0.29, 0.717) is 39.2 Å². The number of imidazole rings is 1. The number of ether oxygens (including phenoxy) is 3. The fraction of sp³-hybridized carbons (Fsp3) is 0.316. The van der Waals surface area contributed by atoms with E-state index in [1.807, 2.05) is 30.7 Å². The Balaban J connectivity index is 2.02. The number of rotatable bonds is 7. The number of halogens is 3. The molecule has 28 heavy (non-hydrogen) atoms. The molecule has 3 rings (SSSR count). The molecule has 0 bridgehead atoms. The molecule has 150 valence electrons. The summed E-state index contributed by atoms with van der Waals surface area (Å²) in [6.45, 7) is -0.704. The van der Waals surface area contributed by atoms with E-state index in [9.17, 15) is 8.78 Å². The van der Waals surface area contributed by atoms with Crippen LogP contribution in [0.3, 0.4) is 0 Å². The van der Waals surface area contributed by atoms with E-state index in [0.717, 1.165) is 11.4 Å². The van der Waals surface area contributed by atoms with Crippen molar-refractivity contribution in [1.29, 1.82) is 0 Å². The molecule has 6 nitrogen and oxygen atoms in total. The Morgan fingerprint density at radius 2 is 1.93 bits per heavy atom. The summed E-state index contributed by atoms with van der Waals surface area (Å²) in [4.78, 5) is 4.55. The van der Waals surface area contributed by atoms with Crippen LogP contribution in [0.1, 0.15) is 11.4 Å². The smallest absolute Gasteiger partial charge is 0.387 e. The maximum atomic E-state index is 12.8. The molecule has 0 radical (unpaired) electrons. The summed E-state index contributed by atoms with van der Waals surface area (Å²) >= 11 is 3.38. The molecule has 1 heterocycles. The summed E-state index contributed by atoms with van der Waals surface area (Å²) in [7, 11) is 4.98. The van der Waals surface area contributed by atoms with Crippen molar-refractivity contribution < 1.29 is 23.0 Å². The van der Waals surface area contributed by atoms with Gasteiger partial charge in [-0.3, -0.25) is 0 Å². The van der Waals surface area contributed by atoms with Crippen molar-refractivity contribution in [2.24, 2.45) is 7.05 Å². The lowest BCUT2D eigenvalue weighted by molar-refractivity contribution is -0.0502. The first kappa shape index (κ1) is 20.2. The summed E-state index contributed by atoms with van der Waals surface area (Å²) in [6, 6.07) is 7.03. The number of nitrogens with one attached hydrogen (secondary N) is 1. The van der Waals surface area contributed by atoms with Gasteiger partial charge in [0.2, 0.25) is 0 Å². The minimum Gasteiger partial charge on any atom is -0.497 e. The quantitative estimate of drug-likeness (QED) is 0.550. The Morgan fingerprint density at radius 3 is 2.57 bits per heavy atom. The second kappa shape index (κ2) is 8.22. The average molecular weight is 456 g/mol. The highest BCUT2D eigenvalue weighted by Gasteiger charge is 2.20. The summed E-state index contributed by atoms with van der Waals surface area (Å²) in [6.07, 6.45) is 0. The van der Waals surface area contributed by atoms with E-state index in [2.05, 4.69) is 31.0 Å². The van der Waals surface area contributed by atoms with Crippen LogP contribution in [0.15, 0.2) is 28.7 Å². The molecule has 2 aromatic carbocycles. The molecular weight excluding hydrogens is 436 g/mol. The molecular formula is C19H20BrF2N3O3. The number of nitrogens with zero attached hydrogens (tertiary/aromatic N) is 2. The van der Waals surface area contributed by atoms with Crippen molar-refractivity contribution in [1.82, 2.24) is 9.55 Å². The highest BCUT2D eigenvalue weighted by molar-refractivity contribution is 9.10. The third-order valence-electron chi connectivity index (χ3n) is 4.47. The topological polar surface area (TPSA) is 57.5 Å². The third kappa shape index (κ3) is 3.84. The zero-order chi connectivity index (χ0) is 20.4. The molecule has 0 spiro atoms. The van der Waals surface area contributed by atoms with Crippen molar-refractivity contribution in [3.63, 3.8) is 0 Å². The molecule has 0 aliphatic heterocycles. The Morgan fingerprint density at radius 1 is 1.18 bits per heavy atom. The zero-order valence-corrected chi connectivity index (χ0v) is 17.4. The van der Waals surface area contributed by atoms with Gasteiger partial charge in [-0.15, -0.1) is 0 Å². The van der Waals surface area contributed by atoms with E-state index in [4.69, 9.17) is 9.47 Å². The second-order valence-electron chi connectivity index (χ2n) is 6.06. The number of methoxy groups -OCH3 is 2. The maximum Gasteiger partial charge on any atom is 0.387 e. The second-order valence-corrected chi connectivity index (χ2v) is 6.85. The first-order valence-electron chi connectivity index (χ1n) is 8.40. The van der Waals surface area contributed by atoms with Crippen LogP contribution in [0.4, 0.5) is 14.5 Å². The van der Waals surface area contributed by atoms with Crippen LogP contribution < -0.4 is 19.5 Å². The maximum absolute atomic E-state index is 12.8. The van der Waals surface area contributed by atoms with Crippen LogP contribution in [-0.2, 0) is 13.6 Å². The molecule has 1 aromatic heterocycles. The van der Waals surface area contributed by atoms with Gasteiger partial charge in [0.15, 0.2) is 0 Å². The van der Waals surface area contributed by atoms with Crippen molar-refractivity contribution in [3.05, 3.63) is 40.1 Å². The fourth-order valence-corrected chi connectivity index (χ4v) is 3.45. The summed E-state index contributed by atoms with van der Waals surface area (Å²) in [5.74, 6) is 2.11. The van der Waals surface area contributed by atoms with Crippen molar-refractivity contribution in [2.75, 3.05) is 19.5 Å². The summed E-state index contributed by atoms with van der Waals surface area (Å²) in [5, 5.41) is 3.27. The first-order chi connectivity index (χ1) is 13.3. The van der Waals surface area contributed by atoms with Gasteiger partial charge in [0.25, 0.3) is 0 Å². The predicted molar refractivity (Wildman–Crippen MR) is 107 cm³/mol. The third-order valence-corrected chi connectivity index (χ3v) is 5.26. The van der Waals surface area contributed by atoms with E-state index < -0.39 is 6.61 Å². The number of hydrogen-bond donors (Lipinski definition) is 1. The molecule has 9 heteroatoms. The molecule has 0 unspecified atom stereocenters. The van der Waals surface area contributed by atoms with Crippen molar-refractivity contribution in [2.45, 2.75) is 20.1 Å². The first-order valence-corrected chi connectivity index (χ1v) is 9.20. The largest absolute Gasteiger partial charge is 0.497 e. The van der Waals surface area contributed by atoms with E-state index in [1.165, 1.54) is 0 Å². The SMILES string of the molecule is COc1ccc(CNc2c(Br)c(OC(F)F)cc3c2nc(C)n3C)c(OC)c1. The van der Waals surface area contributed by atoms with Gasteiger partial charge in [-0.05, 0) is 35.0 Å². The van der Waals surface area contributed by atoms with Crippen LogP contribution in [0, 0.1) is 6.92 Å². The van der Waals surface area contributed by atoms with E-state index in [-0.39, 0.29) is 5.75 Å². The average Bonchev–Trinajstić information content (AvgIpc) is 2.95. The highest BCUT2D eigenvalue weighted by atomic mass is 79.9. The summed E-state index contributed by atoms with van der Waals surface area (Å²) in [5.41, 5.74) is 2.77. The van der Waals surface area contributed by atoms with Gasteiger partial charge in [0.05, 0.1) is 29.9 Å². The van der Waals surface area contributed by atoms with Crippen molar-refractivity contribution >= 4 is 32.7 Å². The molecule has 0 fully saturated rings. The van der Waals surface area contributed by atoms with Gasteiger partial charge in [-0.2, -0.15) is 8.78 Å². The molecule has 0 aliphatic carbocycles. The highest BCUT2D eigenvalue weighted by Crippen LogP contribution is 2.40. The zero-order valence-electron chi connectivity index (χ0n) is 15.8. The van der Waals surface area contributed by atoms with Crippen molar-refractivity contribution in [3.8, 4) is 17.2 Å². The molecule has 0 amide bonds. The van der Waals surface area contributed by atoms with Gasteiger partial charge >= 0.3 is 6.61 Å². The number of hydrogen-bond acceptors (Lipinski definition) is 5. The lowest BCUT2D eigenvalue weighted by atomic mass is 10.1. The van der Waals surface area contributed by atoms with E-state index in [1.54, 1.807) is 26.4 Å². The number of fused-ring (bicyclic) bond motifs is 1. The van der Waals surface area contributed by atoms with Gasteiger partial charge in [-0.1, -0.05) is 0 Å². The Labute approximate surface area is 169 Å². The Kier molecular flexibility index (Phi) is 5.93. The molecule has 0 saturated carbocycles. The predicted octanol–water partition coefficient (Wildman–Crippen LogP) is 4.87. The molecule has 0 atom stereocenters. The minimum absolute atomic E-state index is 0.0368. The standard InChI is InChI=1S/C19H20BrF2N3O3/c1-10-24-17-13(25(10)2)8-15(28-19(21)22)16(20)18(17)23-9-11-5-6-12(26-3)7-14(11)27-4/h5-8,19,23H,9H2,1-4H3. The lowest BCUT2D eigenvalue weighted by Crippen LogP contribution is -2.07. The van der Waals surface area contributed by atoms with Crippen LogP contribution in [0.2, 0.25) is 0 Å². The molecule has 0 aliphatic rings. The van der Waals surface area contributed by atoms with Crippen LogP contribution in [0.25, 0.3) is 11.0 Å². The van der Waals surface area contributed by atoms with Gasteiger partial charge in [0.1, 0.15) is 28.6 Å². The van der Waals surface area contributed by atoms with E-state index >= 15 is 0 Å². The Hall–Kier alpha value is -2.55. The van der Waals surface area contributed by atoms with Crippen LogP contribution >= 0.6 is 15.9 Å². The molecule has 3 aromatic rings. The van der Waals surface area contributed by atoms with Gasteiger partial charge in [-0.25, -0.2) is 4.98 Å². The fourth-order valence-electron chi connectivity index (χ4n) is 2.92. The molecule has 0 saturated heterocycles. The normalized spacial score (nSPS) is 11.1. The number of aryl methyl sites for hydroxylation is 2. The number of aromatic nitrogens is 2. The minimum atomic E-state index is -2.93. The van der Waals surface area contributed by atoms with Crippen LogP contribution in [0.5, 0.6) is 17.2 Å². The number of anilines is 1. The number of alkyl halides is 2. The summed E-state index contributed by atoms with van der Waals surface area (Å²) < 4.78 is 43.2. The lowest BCUT2D eigenvalue weighted by Gasteiger charge is -2.16. The van der Waals surface area contributed by atoms with Crippen LogP contribution in [-0.4, -0.2) is 30.4 Å². The van der Waals surface area contributed by atoms with Gasteiger partial charge in [0, 0.05) is 31.3 Å².